The molecule has 0 fully saturated rings. The highest BCUT2D eigenvalue weighted by Crippen LogP contribution is 2.28. The maximum Gasteiger partial charge on any atom is 0.257 e. The molecular weight excluding hydrogens is 436 g/mol. The Morgan fingerprint density at radius 1 is 1.03 bits per heavy atom. The number of anilines is 1. The number of amides is 1. The molecule has 3 aromatic carbocycles. The number of hydrogen-bond donors (Lipinski definition) is 1. The molecule has 1 aliphatic heterocycles. The quantitative estimate of drug-likeness (QED) is 0.619. The van der Waals surface area contributed by atoms with Crippen LogP contribution in [-0.2, 0) is 23.0 Å². The normalized spacial score (nSPS) is 14.0. The number of methoxy groups -OCH3 is 1. The summed E-state index contributed by atoms with van der Waals surface area (Å²) in [5.74, 6) is 0.283. The minimum Gasteiger partial charge on any atom is -0.497 e. The molecule has 3 aromatic rings. The number of carbonyl (C=O) groups excluding carboxylic acids is 1. The molecule has 6 nitrogen and oxygen atoms in total. The maximum absolute atomic E-state index is 13.1. The smallest absolute Gasteiger partial charge is 0.257 e. The minimum atomic E-state index is -3.64. The monoisotopic (exact) mass is 456 g/mol. The Morgan fingerprint density at radius 2 is 1.77 bits per heavy atom. The van der Waals surface area contributed by atoms with Crippen LogP contribution in [0, 0.1) is 0 Å². The van der Waals surface area contributed by atoms with Gasteiger partial charge in [-0.25, -0.2) is 8.42 Å². The molecule has 0 unspecified atom stereocenters. The van der Waals surface area contributed by atoms with E-state index in [0.29, 0.717) is 35.0 Å². The fraction of sp³-hybridized carbons (Fsp3) is 0.174. The fourth-order valence-corrected chi connectivity index (χ4v) is 5.20. The standard InChI is InChI=1S/C23H21ClN2O4S/c1-30-19-8-10-20(11-9-19)31(28,29)26-13-12-16-6-7-18(14-17(16)15-26)25-23(27)21-4-2-3-5-22(21)24/h2-11,14H,12-13,15H2,1H3,(H,25,27). The first-order chi connectivity index (χ1) is 14.9. The third-order valence-corrected chi connectivity index (χ3v) is 7.45. The molecule has 160 valence electrons. The van der Waals surface area contributed by atoms with Crippen molar-refractivity contribution in [3.63, 3.8) is 0 Å². The minimum absolute atomic E-state index is 0.222. The summed E-state index contributed by atoms with van der Waals surface area (Å²) in [6.07, 6.45) is 0.601. The van der Waals surface area contributed by atoms with Gasteiger partial charge >= 0.3 is 0 Å². The lowest BCUT2D eigenvalue weighted by Gasteiger charge is -2.28. The molecule has 31 heavy (non-hydrogen) atoms. The molecule has 4 rings (SSSR count). The van der Waals surface area contributed by atoms with Gasteiger partial charge in [-0.2, -0.15) is 4.31 Å². The largest absolute Gasteiger partial charge is 0.497 e. The molecule has 8 heteroatoms. The molecule has 0 aliphatic carbocycles. The van der Waals surface area contributed by atoms with Gasteiger partial charge in [0, 0.05) is 18.8 Å². The van der Waals surface area contributed by atoms with Crippen molar-refractivity contribution in [2.75, 3.05) is 19.0 Å². The van der Waals surface area contributed by atoms with Crippen molar-refractivity contribution in [2.24, 2.45) is 0 Å². The Balaban J connectivity index is 1.54. The summed E-state index contributed by atoms with van der Waals surface area (Å²) in [4.78, 5) is 12.8. The molecule has 1 amide bonds. The van der Waals surface area contributed by atoms with Crippen LogP contribution in [0.1, 0.15) is 21.5 Å². The van der Waals surface area contributed by atoms with E-state index in [9.17, 15) is 13.2 Å². The van der Waals surface area contributed by atoms with Crippen LogP contribution in [0.25, 0.3) is 0 Å². The van der Waals surface area contributed by atoms with Crippen LogP contribution >= 0.6 is 11.6 Å². The average molecular weight is 457 g/mol. The van der Waals surface area contributed by atoms with Crippen LogP contribution in [0.3, 0.4) is 0 Å². The number of sulfonamides is 1. The summed E-state index contributed by atoms with van der Waals surface area (Å²) >= 11 is 6.11. The van der Waals surface area contributed by atoms with Gasteiger partial charge in [-0.1, -0.05) is 29.8 Å². The number of nitrogens with zero attached hydrogens (tertiary/aromatic N) is 1. The highest BCUT2D eigenvalue weighted by Gasteiger charge is 2.28. The van der Waals surface area contributed by atoms with E-state index >= 15 is 0 Å². The van der Waals surface area contributed by atoms with Crippen LogP contribution in [0.2, 0.25) is 5.02 Å². The number of halogens is 1. The zero-order valence-electron chi connectivity index (χ0n) is 16.8. The predicted octanol–water partition coefficient (Wildman–Crippen LogP) is 4.35. The van der Waals surface area contributed by atoms with Crippen molar-refractivity contribution in [3.05, 3.63) is 88.4 Å². The summed E-state index contributed by atoms with van der Waals surface area (Å²) in [6, 6.07) is 18.7. The van der Waals surface area contributed by atoms with E-state index in [4.69, 9.17) is 16.3 Å². The zero-order valence-corrected chi connectivity index (χ0v) is 18.4. The molecule has 1 heterocycles. The number of rotatable bonds is 5. The molecular formula is C23H21ClN2O4S. The van der Waals surface area contributed by atoms with E-state index in [1.54, 1.807) is 48.5 Å². The van der Waals surface area contributed by atoms with Crippen LogP contribution in [0.4, 0.5) is 5.69 Å². The van der Waals surface area contributed by atoms with Crippen molar-refractivity contribution < 1.29 is 17.9 Å². The molecule has 0 bridgehead atoms. The third kappa shape index (κ3) is 4.44. The number of hydrogen-bond acceptors (Lipinski definition) is 4. The Hall–Kier alpha value is -2.87. The van der Waals surface area contributed by atoms with Crippen LogP contribution < -0.4 is 10.1 Å². The highest BCUT2D eigenvalue weighted by molar-refractivity contribution is 7.89. The van der Waals surface area contributed by atoms with E-state index in [-0.39, 0.29) is 17.3 Å². The Morgan fingerprint density at radius 3 is 2.48 bits per heavy atom. The van der Waals surface area contributed by atoms with Crippen molar-refractivity contribution in [1.82, 2.24) is 4.31 Å². The van der Waals surface area contributed by atoms with Gasteiger partial charge < -0.3 is 10.1 Å². The second-order valence-corrected chi connectivity index (χ2v) is 9.53. The Labute approximate surface area is 186 Å². The van der Waals surface area contributed by atoms with Gasteiger partial charge in [-0.05, 0) is 66.1 Å². The van der Waals surface area contributed by atoms with Crippen molar-refractivity contribution in [1.29, 1.82) is 0 Å². The SMILES string of the molecule is COc1ccc(S(=O)(=O)N2CCc3ccc(NC(=O)c4ccccc4Cl)cc3C2)cc1. The second kappa shape index (κ2) is 8.70. The van der Waals surface area contributed by atoms with Gasteiger partial charge in [-0.15, -0.1) is 0 Å². The lowest BCUT2D eigenvalue weighted by molar-refractivity contribution is 0.102. The van der Waals surface area contributed by atoms with Crippen molar-refractivity contribution in [2.45, 2.75) is 17.9 Å². The van der Waals surface area contributed by atoms with E-state index in [1.165, 1.54) is 11.4 Å². The number of ether oxygens (including phenoxy) is 1. The van der Waals surface area contributed by atoms with Crippen LogP contribution in [0.5, 0.6) is 5.75 Å². The number of benzene rings is 3. The lowest BCUT2D eigenvalue weighted by Crippen LogP contribution is -2.36. The number of carbonyl (C=O) groups is 1. The van der Waals surface area contributed by atoms with E-state index in [1.807, 2.05) is 18.2 Å². The predicted molar refractivity (Wildman–Crippen MR) is 120 cm³/mol. The van der Waals surface area contributed by atoms with Gasteiger partial charge in [0.05, 0.1) is 22.6 Å². The van der Waals surface area contributed by atoms with Gasteiger partial charge in [0.2, 0.25) is 10.0 Å². The molecule has 0 atom stereocenters. The van der Waals surface area contributed by atoms with Crippen LogP contribution in [0.15, 0.2) is 71.6 Å². The molecule has 0 spiro atoms. The average Bonchev–Trinajstić information content (AvgIpc) is 2.78. The Bertz CT molecular complexity index is 1230. The molecule has 0 saturated heterocycles. The fourth-order valence-electron chi connectivity index (χ4n) is 3.55. The molecule has 1 N–H and O–H groups in total. The zero-order chi connectivity index (χ0) is 22.0. The summed E-state index contributed by atoms with van der Waals surface area (Å²) in [5.41, 5.74) is 2.90. The number of fused-ring (bicyclic) bond motifs is 1. The lowest BCUT2D eigenvalue weighted by atomic mass is 10.0. The first-order valence-electron chi connectivity index (χ1n) is 9.70. The first-order valence-corrected chi connectivity index (χ1v) is 11.5. The maximum atomic E-state index is 13.1. The summed E-state index contributed by atoms with van der Waals surface area (Å²) in [6.45, 7) is 0.631. The molecule has 0 radical (unpaired) electrons. The van der Waals surface area contributed by atoms with Gasteiger partial charge in [0.1, 0.15) is 5.75 Å². The van der Waals surface area contributed by atoms with E-state index in [0.717, 1.165) is 11.1 Å². The first kappa shape index (κ1) is 21.4. The number of nitrogens with one attached hydrogen (secondary N) is 1. The summed E-state index contributed by atoms with van der Waals surface area (Å²) in [5, 5.41) is 3.21. The van der Waals surface area contributed by atoms with Crippen LogP contribution in [-0.4, -0.2) is 32.3 Å². The third-order valence-electron chi connectivity index (χ3n) is 5.26. The van der Waals surface area contributed by atoms with Gasteiger partial charge in [0.25, 0.3) is 5.91 Å². The molecule has 0 aromatic heterocycles. The topological polar surface area (TPSA) is 75.7 Å². The van der Waals surface area contributed by atoms with Gasteiger partial charge in [-0.3, -0.25) is 4.79 Å². The van der Waals surface area contributed by atoms with Gasteiger partial charge in [0.15, 0.2) is 0 Å². The molecule has 1 aliphatic rings. The summed E-state index contributed by atoms with van der Waals surface area (Å²) in [7, 11) is -2.11. The highest BCUT2D eigenvalue weighted by atomic mass is 35.5. The van der Waals surface area contributed by atoms with E-state index < -0.39 is 10.0 Å². The second-order valence-electron chi connectivity index (χ2n) is 7.18. The summed E-state index contributed by atoms with van der Waals surface area (Å²) < 4.78 is 32.7. The molecule has 0 saturated carbocycles. The van der Waals surface area contributed by atoms with Crippen molar-refractivity contribution in [3.8, 4) is 5.75 Å². The van der Waals surface area contributed by atoms with E-state index in [2.05, 4.69) is 5.32 Å². The van der Waals surface area contributed by atoms with Crippen molar-refractivity contribution >= 4 is 33.2 Å². The Kier molecular flexibility index (Phi) is 6.00.